The quantitative estimate of drug-likeness (QED) is 0.941. The number of benzene rings is 1. The van der Waals surface area contributed by atoms with Gasteiger partial charge >= 0.3 is 0 Å². The van der Waals surface area contributed by atoms with Gasteiger partial charge in [-0.2, -0.15) is 4.98 Å². The molecule has 6 heteroatoms. The first-order valence-electron chi connectivity index (χ1n) is 6.69. The van der Waals surface area contributed by atoms with Gasteiger partial charge in [-0.15, -0.1) is 0 Å². The molecule has 20 heavy (non-hydrogen) atoms. The van der Waals surface area contributed by atoms with Crippen molar-refractivity contribution >= 4 is 11.6 Å². The predicted molar refractivity (Wildman–Crippen MR) is 75.9 cm³/mol. The van der Waals surface area contributed by atoms with Crippen molar-refractivity contribution in [2.75, 3.05) is 13.7 Å². The monoisotopic (exact) mass is 293 g/mol. The number of hydrogen-bond acceptors (Lipinski definition) is 5. The highest BCUT2D eigenvalue weighted by atomic mass is 35.5. The number of nitrogens with one attached hydrogen (secondary N) is 1. The zero-order valence-corrected chi connectivity index (χ0v) is 12.0. The fraction of sp³-hybridized carbons (Fsp3) is 0.429. The van der Waals surface area contributed by atoms with Crippen LogP contribution in [0, 0.1) is 0 Å². The average molecular weight is 294 g/mol. The molecule has 1 atom stereocenters. The van der Waals surface area contributed by atoms with Crippen LogP contribution in [0.3, 0.4) is 0 Å². The van der Waals surface area contributed by atoms with Gasteiger partial charge < -0.3 is 14.6 Å². The van der Waals surface area contributed by atoms with Crippen LogP contribution in [-0.4, -0.2) is 23.8 Å². The maximum atomic E-state index is 5.96. The summed E-state index contributed by atoms with van der Waals surface area (Å²) in [4.78, 5) is 4.48. The Morgan fingerprint density at radius 3 is 3.05 bits per heavy atom. The third kappa shape index (κ3) is 2.64. The summed E-state index contributed by atoms with van der Waals surface area (Å²) in [5.74, 6) is 1.80. The van der Waals surface area contributed by atoms with Gasteiger partial charge in [0, 0.05) is 5.02 Å². The van der Waals surface area contributed by atoms with Crippen molar-refractivity contribution in [3.8, 4) is 17.1 Å². The molecule has 5 nitrogen and oxygen atoms in total. The smallest absolute Gasteiger partial charge is 0.244 e. The zero-order chi connectivity index (χ0) is 13.9. The maximum absolute atomic E-state index is 5.96. The Bertz CT molecular complexity index is 594. The lowest BCUT2D eigenvalue weighted by molar-refractivity contribution is 0.297. The Morgan fingerprint density at radius 2 is 2.30 bits per heavy atom. The van der Waals surface area contributed by atoms with E-state index in [0.29, 0.717) is 22.5 Å². The van der Waals surface area contributed by atoms with Gasteiger partial charge in [-0.3, -0.25) is 0 Å². The van der Waals surface area contributed by atoms with Crippen molar-refractivity contribution in [3.05, 3.63) is 29.1 Å². The van der Waals surface area contributed by atoms with Gasteiger partial charge in [0.05, 0.1) is 18.7 Å². The largest absolute Gasteiger partial charge is 0.496 e. The molecule has 1 aliphatic heterocycles. The molecule has 0 bridgehead atoms. The van der Waals surface area contributed by atoms with E-state index in [1.54, 1.807) is 19.2 Å². The van der Waals surface area contributed by atoms with Crippen LogP contribution in [-0.2, 0) is 0 Å². The van der Waals surface area contributed by atoms with Crippen molar-refractivity contribution < 1.29 is 9.26 Å². The fourth-order valence-corrected chi connectivity index (χ4v) is 2.56. The van der Waals surface area contributed by atoms with Crippen molar-refractivity contribution in [1.29, 1.82) is 0 Å². The summed E-state index contributed by atoms with van der Waals surface area (Å²) in [7, 11) is 1.60. The second-order valence-corrected chi connectivity index (χ2v) is 5.24. The summed E-state index contributed by atoms with van der Waals surface area (Å²) in [5.41, 5.74) is 0.780. The minimum atomic E-state index is 0.156. The third-order valence-corrected chi connectivity index (χ3v) is 3.69. The first-order valence-corrected chi connectivity index (χ1v) is 7.06. The van der Waals surface area contributed by atoms with Gasteiger partial charge in [-0.1, -0.05) is 23.2 Å². The number of methoxy groups -OCH3 is 1. The van der Waals surface area contributed by atoms with Crippen LogP contribution in [0.15, 0.2) is 22.7 Å². The molecule has 2 heterocycles. The van der Waals surface area contributed by atoms with E-state index in [1.807, 2.05) is 6.07 Å². The summed E-state index contributed by atoms with van der Waals surface area (Å²) in [6.07, 6.45) is 3.40. The SMILES string of the molecule is COc1cc(Cl)ccc1-c1noc([C@@H]2CCCCN2)n1. The Kier molecular flexibility index (Phi) is 3.89. The summed E-state index contributed by atoms with van der Waals surface area (Å²) < 4.78 is 10.7. The van der Waals surface area contributed by atoms with Crippen LogP contribution in [0.5, 0.6) is 5.75 Å². The standard InChI is InChI=1S/C14H16ClN3O2/c1-19-12-8-9(15)5-6-10(12)13-17-14(20-18-13)11-4-2-3-7-16-11/h5-6,8,11,16H,2-4,7H2,1H3/t11-/m0/s1. The number of aromatic nitrogens is 2. The molecule has 1 N–H and O–H groups in total. The Labute approximate surface area is 122 Å². The van der Waals surface area contributed by atoms with E-state index < -0.39 is 0 Å². The van der Waals surface area contributed by atoms with E-state index in [4.69, 9.17) is 20.9 Å². The second-order valence-electron chi connectivity index (χ2n) is 4.80. The van der Waals surface area contributed by atoms with Crippen LogP contribution in [0.4, 0.5) is 0 Å². The lowest BCUT2D eigenvalue weighted by Gasteiger charge is -2.19. The van der Waals surface area contributed by atoms with Crippen molar-refractivity contribution in [1.82, 2.24) is 15.5 Å². The molecular formula is C14H16ClN3O2. The molecule has 1 aromatic carbocycles. The highest BCUT2D eigenvalue weighted by Crippen LogP contribution is 2.31. The predicted octanol–water partition coefficient (Wildman–Crippen LogP) is 3.21. The Balaban J connectivity index is 1.89. The zero-order valence-electron chi connectivity index (χ0n) is 11.2. The lowest BCUT2D eigenvalue weighted by atomic mass is 10.1. The number of nitrogens with zero attached hydrogens (tertiary/aromatic N) is 2. The van der Waals surface area contributed by atoms with Gasteiger partial charge in [-0.05, 0) is 37.6 Å². The summed E-state index contributed by atoms with van der Waals surface area (Å²) in [5, 5.41) is 8.05. The lowest BCUT2D eigenvalue weighted by Crippen LogP contribution is -2.26. The Morgan fingerprint density at radius 1 is 1.40 bits per heavy atom. The van der Waals surface area contributed by atoms with E-state index in [2.05, 4.69) is 15.5 Å². The van der Waals surface area contributed by atoms with Gasteiger partial charge in [0.2, 0.25) is 11.7 Å². The number of halogens is 1. The van der Waals surface area contributed by atoms with Gasteiger partial charge in [0.15, 0.2) is 0 Å². The topological polar surface area (TPSA) is 60.2 Å². The first kappa shape index (κ1) is 13.4. The number of ether oxygens (including phenoxy) is 1. The van der Waals surface area contributed by atoms with E-state index in [-0.39, 0.29) is 6.04 Å². The van der Waals surface area contributed by atoms with E-state index >= 15 is 0 Å². The first-order chi connectivity index (χ1) is 9.78. The normalized spacial score (nSPS) is 19.0. The van der Waals surface area contributed by atoms with E-state index in [0.717, 1.165) is 18.5 Å². The molecule has 0 unspecified atom stereocenters. The molecule has 0 spiro atoms. The highest BCUT2D eigenvalue weighted by Gasteiger charge is 2.22. The number of hydrogen-bond donors (Lipinski definition) is 1. The molecule has 0 radical (unpaired) electrons. The van der Waals surface area contributed by atoms with Crippen LogP contribution in [0.2, 0.25) is 5.02 Å². The molecule has 1 fully saturated rings. The van der Waals surface area contributed by atoms with Crippen molar-refractivity contribution in [2.45, 2.75) is 25.3 Å². The highest BCUT2D eigenvalue weighted by molar-refractivity contribution is 6.30. The van der Waals surface area contributed by atoms with E-state index in [1.165, 1.54) is 12.8 Å². The average Bonchev–Trinajstić information content (AvgIpc) is 2.97. The summed E-state index contributed by atoms with van der Waals surface area (Å²) in [6, 6.07) is 5.52. The molecule has 1 aliphatic rings. The third-order valence-electron chi connectivity index (χ3n) is 3.45. The molecule has 2 aromatic rings. The Hall–Kier alpha value is -1.59. The molecule has 1 aromatic heterocycles. The summed E-state index contributed by atoms with van der Waals surface area (Å²) >= 11 is 5.96. The van der Waals surface area contributed by atoms with Crippen LogP contribution in [0.25, 0.3) is 11.4 Å². The molecule has 1 saturated heterocycles. The van der Waals surface area contributed by atoms with Gasteiger partial charge in [0.25, 0.3) is 0 Å². The maximum Gasteiger partial charge on any atom is 0.244 e. The summed E-state index contributed by atoms with van der Waals surface area (Å²) in [6.45, 7) is 0.993. The molecule has 0 saturated carbocycles. The molecule has 0 aliphatic carbocycles. The number of piperidine rings is 1. The van der Waals surface area contributed by atoms with Crippen molar-refractivity contribution in [3.63, 3.8) is 0 Å². The molecular weight excluding hydrogens is 278 g/mol. The minimum Gasteiger partial charge on any atom is -0.496 e. The van der Waals surface area contributed by atoms with Crippen LogP contribution in [0.1, 0.15) is 31.2 Å². The molecule has 3 rings (SSSR count). The van der Waals surface area contributed by atoms with Crippen LogP contribution < -0.4 is 10.1 Å². The minimum absolute atomic E-state index is 0.156. The van der Waals surface area contributed by atoms with Crippen LogP contribution >= 0.6 is 11.6 Å². The molecule has 106 valence electrons. The van der Waals surface area contributed by atoms with Gasteiger partial charge in [-0.25, -0.2) is 0 Å². The number of rotatable bonds is 3. The second kappa shape index (κ2) is 5.81. The van der Waals surface area contributed by atoms with Crippen molar-refractivity contribution in [2.24, 2.45) is 0 Å². The fourth-order valence-electron chi connectivity index (χ4n) is 2.40. The van der Waals surface area contributed by atoms with E-state index in [9.17, 15) is 0 Å². The van der Waals surface area contributed by atoms with Gasteiger partial charge in [0.1, 0.15) is 5.75 Å². The molecule has 0 amide bonds.